The number of fused-ring (bicyclic) bond motifs is 1. The van der Waals surface area contributed by atoms with E-state index in [0.29, 0.717) is 5.92 Å². The van der Waals surface area contributed by atoms with Gasteiger partial charge in [-0.15, -0.1) is 10.2 Å². The first-order chi connectivity index (χ1) is 16.1. The van der Waals surface area contributed by atoms with Crippen LogP contribution in [0.1, 0.15) is 55.0 Å². The zero-order valence-corrected chi connectivity index (χ0v) is 19.7. The van der Waals surface area contributed by atoms with E-state index in [4.69, 9.17) is 4.74 Å². The van der Waals surface area contributed by atoms with Crippen molar-refractivity contribution in [2.75, 3.05) is 11.9 Å². The predicted molar refractivity (Wildman–Crippen MR) is 130 cm³/mol. The van der Waals surface area contributed by atoms with Crippen LogP contribution in [0.15, 0.2) is 42.5 Å². The molecule has 0 aliphatic heterocycles. The lowest BCUT2D eigenvalue weighted by molar-refractivity contribution is -0.118. The van der Waals surface area contributed by atoms with Crippen LogP contribution in [-0.4, -0.2) is 32.3 Å². The van der Waals surface area contributed by atoms with Crippen LogP contribution in [0.25, 0.3) is 15.5 Å². The van der Waals surface area contributed by atoms with E-state index in [2.05, 4.69) is 32.7 Å². The molecule has 7 nitrogen and oxygen atoms in total. The fourth-order valence-corrected chi connectivity index (χ4v) is 5.26. The van der Waals surface area contributed by atoms with Gasteiger partial charge in [-0.05, 0) is 74.1 Å². The van der Waals surface area contributed by atoms with Crippen molar-refractivity contribution in [3.63, 3.8) is 0 Å². The van der Waals surface area contributed by atoms with Crippen LogP contribution < -0.4 is 10.1 Å². The minimum Gasteiger partial charge on any atom is -0.484 e. The number of carbonyl (C=O) groups is 1. The molecule has 5 rings (SSSR count). The number of carbonyl (C=O) groups excluding carboxylic acids is 1. The minimum atomic E-state index is -0.184. The summed E-state index contributed by atoms with van der Waals surface area (Å²) in [6.07, 6.45) is 6.53. The van der Waals surface area contributed by atoms with E-state index in [-0.39, 0.29) is 12.5 Å². The third-order valence-electron chi connectivity index (χ3n) is 6.22. The molecule has 0 bridgehead atoms. The van der Waals surface area contributed by atoms with Gasteiger partial charge in [-0.25, -0.2) is 0 Å². The van der Waals surface area contributed by atoms with Crippen LogP contribution in [0.5, 0.6) is 5.75 Å². The van der Waals surface area contributed by atoms with Gasteiger partial charge in [0.25, 0.3) is 5.91 Å². The molecule has 2 aromatic carbocycles. The quantitative estimate of drug-likeness (QED) is 0.408. The van der Waals surface area contributed by atoms with Crippen LogP contribution in [0.4, 0.5) is 5.69 Å². The summed E-state index contributed by atoms with van der Waals surface area (Å²) >= 11 is 1.49. The number of nitrogens with zero attached hydrogens (tertiary/aromatic N) is 4. The molecule has 1 fully saturated rings. The van der Waals surface area contributed by atoms with Gasteiger partial charge in [-0.3, -0.25) is 4.79 Å². The Morgan fingerprint density at radius 3 is 2.61 bits per heavy atom. The van der Waals surface area contributed by atoms with Crippen LogP contribution in [-0.2, 0) is 4.79 Å². The maximum atomic E-state index is 12.5. The van der Waals surface area contributed by atoms with E-state index in [1.807, 2.05) is 44.2 Å². The largest absolute Gasteiger partial charge is 0.484 e. The van der Waals surface area contributed by atoms with Crippen LogP contribution >= 0.6 is 11.3 Å². The second-order valence-corrected chi connectivity index (χ2v) is 9.58. The monoisotopic (exact) mass is 461 g/mol. The Balaban J connectivity index is 1.18. The number of benzene rings is 2. The van der Waals surface area contributed by atoms with Crippen LogP contribution in [0.3, 0.4) is 0 Å². The fraction of sp³-hybridized carbons (Fsp3) is 0.360. The van der Waals surface area contributed by atoms with Crippen molar-refractivity contribution in [3.8, 4) is 16.3 Å². The first kappa shape index (κ1) is 21.6. The fourth-order valence-electron chi connectivity index (χ4n) is 4.38. The maximum Gasteiger partial charge on any atom is 0.262 e. The van der Waals surface area contributed by atoms with Gasteiger partial charge >= 0.3 is 0 Å². The number of aromatic nitrogens is 4. The van der Waals surface area contributed by atoms with E-state index >= 15 is 0 Å². The summed E-state index contributed by atoms with van der Waals surface area (Å²) in [6, 6.07) is 14.1. The molecule has 2 aromatic heterocycles. The van der Waals surface area contributed by atoms with Crippen LogP contribution in [0.2, 0.25) is 0 Å². The maximum absolute atomic E-state index is 12.5. The van der Waals surface area contributed by atoms with Gasteiger partial charge in [0.2, 0.25) is 4.96 Å². The lowest BCUT2D eigenvalue weighted by Gasteiger charge is -2.22. The average molecular weight is 462 g/mol. The lowest BCUT2D eigenvalue weighted by atomic mass is 9.84. The van der Waals surface area contributed by atoms with Crippen molar-refractivity contribution in [1.82, 2.24) is 19.8 Å². The van der Waals surface area contributed by atoms with Gasteiger partial charge in [-0.2, -0.15) is 9.61 Å². The van der Waals surface area contributed by atoms with Crippen molar-refractivity contribution >= 4 is 27.9 Å². The summed E-state index contributed by atoms with van der Waals surface area (Å²) in [5.41, 5.74) is 4.08. The number of nitrogens with one attached hydrogen (secondary N) is 1. The highest BCUT2D eigenvalue weighted by atomic mass is 32.1. The first-order valence-electron chi connectivity index (χ1n) is 11.4. The Morgan fingerprint density at radius 2 is 1.88 bits per heavy atom. The number of amides is 1. The Labute approximate surface area is 196 Å². The summed E-state index contributed by atoms with van der Waals surface area (Å²) in [6.45, 7) is 3.82. The molecule has 1 aliphatic carbocycles. The van der Waals surface area contributed by atoms with Gasteiger partial charge < -0.3 is 10.1 Å². The van der Waals surface area contributed by atoms with Crippen molar-refractivity contribution in [3.05, 3.63) is 59.4 Å². The molecule has 8 heteroatoms. The standard InChI is InChI=1S/C25H27N5O2S/c1-16-14-20(24-29-30-17(2)27-28-25(30)33-24)10-13-22(16)26-23(31)15-32-21-11-8-19(9-12-21)18-6-4-3-5-7-18/h8-14,18H,3-7,15H2,1-2H3,(H,26,31). The van der Waals surface area contributed by atoms with Gasteiger partial charge in [-0.1, -0.05) is 42.7 Å². The summed E-state index contributed by atoms with van der Waals surface area (Å²) in [4.78, 5) is 13.2. The Kier molecular flexibility index (Phi) is 6.09. The highest BCUT2D eigenvalue weighted by Gasteiger charge is 2.16. The number of rotatable bonds is 6. The number of hydrogen-bond acceptors (Lipinski definition) is 6. The third-order valence-corrected chi connectivity index (χ3v) is 7.17. The number of aryl methyl sites for hydroxylation is 2. The molecule has 0 spiro atoms. The third kappa shape index (κ3) is 4.75. The van der Waals surface area contributed by atoms with Crippen molar-refractivity contribution in [1.29, 1.82) is 0 Å². The average Bonchev–Trinajstić information content (AvgIpc) is 3.42. The van der Waals surface area contributed by atoms with E-state index in [9.17, 15) is 4.79 Å². The Morgan fingerprint density at radius 1 is 1.09 bits per heavy atom. The molecule has 0 radical (unpaired) electrons. The molecule has 1 aliphatic rings. The van der Waals surface area contributed by atoms with Gasteiger partial charge in [0.1, 0.15) is 10.8 Å². The van der Waals surface area contributed by atoms with Gasteiger partial charge in [0.15, 0.2) is 12.4 Å². The number of hydrogen-bond donors (Lipinski definition) is 1. The Hall–Kier alpha value is -3.26. The minimum absolute atomic E-state index is 0.0279. The molecule has 2 heterocycles. The molecule has 170 valence electrons. The second-order valence-electron chi connectivity index (χ2n) is 8.62. The molecule has 1 N–H and O–H groups in total. The summed E-state index contributed by atoms with van der Waals surface area (Å²) in [5, 5.41) is 16.5. The molecule has 0 saturated heterocycles. The van der Waals surface area contributed by atoms with E-state index < -0.39 is 0 Å². The Bertz CT molecular complexity index is 1270. The summed E-state index contributed by atoms with van der Waals surface area (Å²) in [5.74, 6) is 1.96. The number of anilines is 1. The van der Waals surface area contributed by atoms with E-state index in [1.165, 1.54) is 49.0 Å². The molecule has 1 amide bonds. The van der Waals surface area contributed by atoms with Crippen LogP contribution in [0, 0.1) is 13.8 Å². The van der Waals surface area contributed by atoms with Crippen molar-refractivity contribution in [2.45, 2.75) is 51.9 Å². The molecular weight excluding hydrogens is 434 g/mol. The summed E-state index contributed by atoms with van der Waals surface area (Å²) < 4.78 is 7.46. The molecule has 0 unspecified atom stereocenters. The van der Waals surface area contributed by atoms with Crippen molar-refractivity contribution in [2.24, 2.45) is 0 Å². The predicted octanol–water partition coefficient (Wildman–Crippen LogP) is 5.53. The van der Waals surface area contributed by atoms with E-state index in [0.717, 1.165) is 38.4 Å². The summed E-state index contributed by atoms with van der Waals surface area (Å²) in [7, 11) is 0. The lowest BCUT2D eigenvalue weighted by Crippen LogP contribution is -2.20. The smallest absolute Gasteiger partial charge is 0.262 e. The van der Waals surface area contributed by atoms with Gasteiger partial charge in [0.05, 0.1) is 0 Å². The molecule has 33 heavy (non-hydrogen) atoms. The topological polar surface area (TPSA) is 81.4 Å². The zero-order chi connectivity index (χ0) is 22.8. The SMILES string of the molecule is Cc1cc(-c2nn3c(C)nnc3s2)ccc1NC(=O)COc1ccc(C2CCCCC2)cc1. The molecular formula is C25H27N5O2S. The molecule has 1 saturated carbocycles. The zero-order valence-electron chi connectivity index (χ0n) is 18.9. The normalized spacial score (nSPS) is 14.5. The molecule has 4 aromatic rings. The van der Waals surface area contributed by atoms with Crippen molar-refractivity contribution < 1.29 is 9.53 Å². The number of ether oxygens (including phenoxy) is 1. The highest BCUT2D eigenvalue weighted by Crippen LogP contribution is 2.33. The highest BCUT2D eigenvalue weighted by molar-refractivity contribution is 7.19. The van der Waals surface area contributed by atoms with Gasteiger partial charge in [0, 0.05) is 11.3 Å². The first-order valence-corrected chi connectivity index (χ1v) is 12.2. The second kappa shape index (κ2) is 9.31. The van der Waals surface area contributed by atoms with E-state index in [1.54, 1.807) is 4.52 Å². The molecule has 0 atom stereocenters.